The molecule has 1 fully saturated rings. The summed E-state index contributed by atoms with van der Waals surface area (Å²) < 4.78 is 16.1. The van der Waals surface area contributed by atoms with Gasteiger partial charge in [0, 0.05) is 12.1 Å². The lowest BCUT2D eigenvalue weighted by molar-refractivity contribution is 0.0734. The van der Waals surface area contributed by atoms with E-state index in [0.717, 1.165) is 24.5 Å². The zero-order chi connectivity index (χ0) is 13.8. The lowest BCUT2D eigenvalue weighted by atomic mass is 10.2. The van der Waals surface area contributed by atoms with Gasteiger partial charge in [0.2, 0.25) is 0 Å². The third-order valence-electron chi connectivity index (χ3n) is 3.09. The SMILES string of the molecule is CCOc1ccc(-c2nc(C3COCCN3)no2)cc1. The molecule has 20 heavy (non-hydrogen) atoms. The second-order valence-electron chi connectivity index (χ2n) is 4.50. The van der Waals surface area contributed by atoms with Gasteiger partial charge in [-0.2, -0.15) is 4.98 Å². The molecule has 1 unspecified atom stereocenters. The Balaban J connectivity index is 1.75. The molecule has 0 spiro atoms. The summed E-state index contributed by atoms with van der Waals surface area (Å²) in [6.07, 6.45) is 0. The summed E-state index contributed by atoms with van der Waals surface area (Å²) >= 11 is 0. The number of rotatable bonds is 4. The van der Waals surface area contributed by atoms with Crippen LogP contribution in [0.5, 0.6) is 5.75 Å². The molecule has 0 radical (unpaired) electrons. The fraction of sp³-hybridized carbons (Fsp3) is 0.429. The van der Waals surface area contributed by atoms with E-state index in [1.807, 2.05) is 31.2 Å². The molecule has 1 aliphatic heterocycles. The first kappa shape index (κ1) is 13.1. The summed E-state index contributed by atoms with van der Waals surface area (Å²) in [5.74, 6) is 1.97. The van der Waals surface area contributed by atoms with E-state index in [0.29, 0.717) is 24.9 Å². The number of morpholine rings is 1. The van der Waals surface area contributed by atoms with Gasteiger partial charge >= 0.3 is 0 Å². The van der Waals surface area contributed by atoms with Crippen LogP contribution in [0.3, 0.4) is 0 Å². The molecule has 1 aromatic heterocycles. The molecule has 3 rings (SSSR count). The third kappa shape index (κ3) is 2.81. The molecule has 1 aromatic carbocycles. The second-order valence-corrected chi connectivity index (χ2v) is 4.50. The molecule has 2 aromatic rings. The smallest absolute Gasteiger partial charge is 0.257 e. The van der Waals surface area contributed by atoms with Gasteiger partial charge in [0.05, 0.1) is 25.9 Å². The van der Waals surface area contributed by atoms with Crippen molar-refractivity contribution in [3.8, 4) is 17.2 Å². The molecule has 0 amide bonds. The van der Waals surface area contributed by atoms with Gasteiger partial charge < -0.3 is 19.3 Å². The predicted octanol–water partition coefficient (Wildman–Crippen LogP) is 1.80. The third-order valence-corrected chi connectivity index (χ3v) is 3.09. The highest BCUT2D eigenvalue weighted by Gasteiger charge is 2.21. The van der Waals surface area contributed by atoms with Crippen molar-refractivity contribution in [1.29, 1.82) is 0 Å². The van der Waals surface area contributed by atoms with Crippen LogP contribution >= 0.6 is 0 Å². The van der Waals surface area contributed by atoms with Crippen LogP contribution in [0.15, 0.2) is 28.8 Å². The summed E-state index contributed by atoms with van der Waals surface area (Å²) in [6.45, 7) is 4.70. The summed E-state index contributed by atoms with van der Waals surface area (Å²) in [5.41, 5.74) is 0.879. The molecular formula is C14H17N3O3. The van der Waals surface area contributed by atoms with Gasteiger partial charge in [-0.1, -0.05) is 5.16 Å². The van der Waals surface area contributed by atoms with Crippen LogP contribution in [-0.4, -0.2) is 36.5 Å². The van der Waals surface area contributed by atoms with E-state index < -0.39 is 0 Å². The summed E-state index contributed by atoms with van der Waals surface area (Å²) in [6, 6.07) is 7.61. The Bertz CT molecular complexity index is 547. The van der Waals surface area contributed by atoms with E-state index in [4.69, 9.17) is 14.0 Å². The van der Waals surface area contributed by atoms with E-state index in [2.05, 4.69) is 15.5 Å². The maximum absolute atomic E-state index is 5.40. The Hall–Kier alpha value is -1.92. The van der Waals surface area contributed by atoms with Gasteiger partial charge in [-0.05, 0) is 31.2 Å². The minimum atomic E-state index is 0.00366. The molecule has 6 nitrogen and oxygen atoms in total. The van der Waals surface area contributed by atoms with Crippen molar-refractivity contribution in [2.24, 2.45) is 0 Å². The standard InChI is InChI=1S/C14H17N3O3/c1-2-19-11-5-3-10(4-6-11)14-16-13(17-20-14)12-9-18-8-7-15-12/h3-6,12,15H,2,7-9H2,1H3. The van der Waals surface area contributed by atoms with Crippen LogP contribution in [0.25, 0.3) is 11.5 Å². The molecule has 0 saturated carbocycles. The highest BCUT2D eigenvalue weighted by atomic mass is 16.5. The van der Waals surface area contributed by atoms with Crippen molar-refractivity contribution >= 4 is 0 Å². The monoisotopic (exact) mass is 275 g/mol. The van der Waals surface area contributed by atoms with Gasteiger partial charge in [-0.15, -0.1) is 0 Å². The largest absolute Gasteiger partial charge is 0.494 e. The molecule has 1 N–H and O–H groups in total. The van der Waals surface area contributed by atoms with E-state index in [-0.39, 0.29) is 6.04 Å². The number of nitrogens with one attached hydrogen (secondary N) is 1. The fourth-order valence-corrected chi connectivity index (χ4v) is 2.09. The zero-order valence-corrected chi connectivity index (χ0v) is 11.3. The number of hydrogen-bond acceptors (Lipinski definition) is 6. The number of aromatic nitrogens is 2. The van der Waals surface area contributed by atoms with Crippen LogP contribution in [0.2, 0.25) is 0 Å². The Morgan fingerprint density at radius 3 is 2.90 bits per heavy atom. The number of ether oxygens (including phenoxy) is 2. The Morgan fingerprint density at radius 2 is 2.20 bits per heavy atom. The molecule has 106 valence electrons. The first-order valence-electron chi connectivity index (χ1n) is 6.75. The molecule has 1 aliphatic rings. The van der Waals surface area contributed by atoms with E-state index in [9.17, 15) is 0 Å². The summed E-state index contributed by atoms with van der Waals surface area (Å²) in [4.78, 5) is 4.42. The topological polar surface area (TPSA) is 69.4 Å². The average molecular weight is 275 g/mol. The van der Waals surface area contributed by atoms with Crippen LogP contribution in [0.4, 0.5) is 0 Å². The summed E-state index contributed by atoms with van der Waals surface area (Å²) in [7, 11) is 0. The van der Waals surface area contributed by atoms with E-state index in [1.54, 1.807) is 0 Å². The fourth-order valence-electron chi connectivity index (χ4n) is 2.09. The van der Waals surface area contributed by atoms with Crippen LogP contribution < -0.4 is 10.1 Å². The molecule has 1 atom stereocenters. The van der Waals surface area contributed by atoms with E-state index >= 15 is 0 Å². The summed E-state index contributed by atoms with van der Waals surface area (Å²) in [5, 5.41) is 7.31. The van der Waals surface area contributed by atoms with Crippen molar-refractivity contribution in [2.45, 2.75) is 13.0 Å². The van der Waals surface area contributed by atoms with Crippen molar-refractivity contribution in [3.63, 3.8) is 0 Å². The van der Waals surface area contributed by atoms with Crippen LogP contribution in [0.1, 0.15) is 18.8 Å². The molecular weight excluding hydrogens is 258 g/mol. The van der Waals surface area contributed by atoms with Gasteiger partial charge in [-0.25, -0.2) is 0 Å². The predicted molar refractivity (Wildman–Crippen MR) is 72.5 cm³/mol. The number of hydrogen-bond donors (Lipinski definition) is 1. The molecule has 1 saturated heterocycles. The van der Waals surface area contributed by atoms with Gasteiger partial charge in [0.15, 0.2) is 5.82 Å². The first-order chi connectivity index (χ1) is 9.86. The second kappa shape index (κ2) is 6.02. The lowest BCUT2D eigenvalue weighted by Gasteiger charge is -2.20. The quantitative estimate of drug-likeness (QED) is 0.917. The molecule has 6 heteroatoms. The normalized spacial score (nSPS) is 18.9. The molecule has 0 bridgehead atoms. The van der Waals surface area contributed by atoms with Gasteiger partial charge in [-0.3, -0.25) is 0 Å². The van der Waals surface area contributed by atoms with E-state index in [1.165, 1.54) is 0 Å². The minimum absolute atomic E-state index is 0.00366. The van der Waals surface area contributed by atoms with Crippen LogP contribution in [0, 0.1) is 0 Å². The number of benzene rings is 1. The van der Waals surface area contributed by atoms with Crippen molar-refractivity contribution in [1.82, 2.24) is 15.5 Å². The minimum Gasteiger partial charge on any atom is -0.494 e. The highest BCUT2D eigenvalue weighted by Crippen LogP contribution is 2.22. The maximum Gasteiger partial charge on any atom is 0.257 e. The molecule has 2 heterocycles. The molecule has 0 aliphatic carbocycles. The number of nitrogens with zero attached hydrogens (tertiary/aromatic N) is 2. The van der Waals surface area contributed by atoms with Gasteiger partial charge in [0.25, 0.3) is 5.89 Å². The Morgan fingerprint density at radius 1 is 1.35 bits per heavy atom. The van der Waals surface area contributed by atoms with Gasteiger partial charge in [0.1, 0.15) is 5.75 Å². The van der Waals surface area contributed by atoms with Crippen molar-refractivity contribution in [3.05, 3.63) is 30.1 Å². The Kier molecular flexibility index (Phi) is 3.94. The zero-order valence-electron chi connectivity index (χ0n) is 11.3. The Labute approximate surface area is 117 Å². The van der Waals surface area contributed by atoms with Crippen LogP contribution in [-0.2, 0) is 4.74 Å². The average Bonchev–Trinajstić information content (AvgIpc) is 2.99. The first-order valence-corrected chi connectivity index (χ1v) is 6.75. The van der Waals surface area contributed by atoms with Crippen molar-refractivity contribution < 1.29 is 14.0 Å². The van der Waals surface area contributed by atoms with Crippen molar-refractivity contribution in [2.75, 3.05) is 26.4 Å². The lowest BCUT2D eigenvalue weighted by Crippen LogP contribution is -2.35. The highest BCUT2D eigenvalue weighted by molar-refractivity contribution is 5.54. The maximum atomic E-state index is 5.40.